The highest BCUT2D eigenvalue weighted by atomic mass is 32.2. The van der Waals surface area contributed by atoms with Crippen molar-refractivity contribution in [1.29, 1.82) is 0 Å². The van der Waals surface area contributed by atoms with Crippen LogP contribution in [0.5, 0.6) is 0 Å². The van der Waals surface area contributed by atoms with Crippen molar-refractivity contribution in [3.8, 4) is 0 Å². The van der Waals surface area contributed by atoms with Crippen LogP contribution in [-0.2, 0) is 10.3 Å². The third-order valence-corrected chi connectivity index (χ3v) is 2.78. The Morgan fingerprint density at radius 3 is 2.15 bits per heavy atom. The normalized spacial score (nSPS) is 17.2. The van der Waals surface area contributed by atoms with Gasteiger partial charge in [-0.05, 0) is 17.1 Å². The largest absolute Gasteiger partial charge is 0.217 e. The zero-order valence-corrected chi connectivity index (χ0v) is 8.98. The van der Waals surface area contributed by atoms with Gasteiger partial charge in [0.25, 0.3) is 0 Å². The highest BCUT2D eigenvalue weighted by Gasteiger charge is 2.16. The van der Waals surface area contributed by atoms with Crippen LogP contribution in [0.1, 0.15) is 27.2 Å². The summed E-state index contributed by atoms with van der Waals surface area (Å²) < 4.78 is 21.2. The maximum absolute atomic E-state index is 10.6. The number of hydrogen-bond acceptors (Lipinski definition) is 2. The Morgan fingerprint density at radius 2 is 1.85 bits per heavy atom. The zero-order valence-electron chi connectivity index (χ0n) is 8.16. The Bertz CT molecular complexity index is 381. The van der Waals surface area contributed by atoms with Crippen LogP contribution < -0.4 is 0 Å². The van der Waals surface area contributed by atoms with Crippen molar-refractivity contribution in [2.24, 2.45) is 5.41 Å². The van der Waals surface area contributed by atoms with Gasteiger partial charge in [0.2, 0.25) is 10.3 Å². The summed E-state index contributed by atoms with van der Waals surface area (Å²) in [5.41, 5.74) is 1.30. The van der Waals surface area contributed by atoms with E-state index in [0.717, 1.165) is 0 Å². The molecular weight excluding hydrogens is 184 g/mol. The molecule has 1 aliphatic carbocycles. The fourth-order valence-electron chi connectivity index (χ4n) is 1.21. The maximum Gasteiger partial charge on any atom is 0.217 e. The third-order valence-electron chi connectivity index (χ3n) is 2.05. The molecule has 0 N–H and O–H groups in total. The summed E-state index contributed by atoms with van der Waals surface area (Å²) in [6, 6.07) is 0. The molecule has 72 valence electrons. The van der Waals surface area contributed by atoms with E-state index in [2.05, 4.69) is 20.8 Å². The quantitative estimate of drug-likeness (QED) is 0.558. The van der Waals surface area contributed by atoms with Crippen LogP contribution in [0.2, 0.25) is 0 Å². The fraction of sp³-hybridized carbons (Fsp3) is 0.500. The van der Waals surface area contributed by atoms with Gasteiger partial charge in [-0.3, -0.25) is 0 Å². The molecule has 0 fully saturated rings. The van der Waals surface area contributed by atoms with Gasteiger partial charge < -0.3 is 0 Å². The van der Waals surface area contributed by atoms with Crippen LogP contribution in [-0.4, -0.2) is 13.3 Å². The monoisotopic (exact) mass is 198 g/mol. The van der Waals surface area contributed by atoms with Crippen LogP contribution >= 0.6 is 0 Å². The first-order valence-corrected chi connectivity index (χ1v) is 5.32. The number of rotatable bonds is 0. The molecule has 1 aliphatic rings. The zero-order chi connectivity index (χ0) is 10.1. The van der Waals surface area contributed by atoms with E-state index in [1.807, 2.05) is 12.2 Å². The van der Waals surface area contributed by atoms with E-state index in [0.29, 0.717) is 11.3 Å². The Labute approximate surface area is 80.5 Å². The molecule has 0 amide bonds. The minimum Gasteiger partial charge on any atom is -0.184 e. The lowest BCUT2D eigenvalue weighted by Gasteiger charge is -2.22. The molecule has 0 aromatic rings. The standard InChI is InChI=1S/C10H14O2S/c1-10(2,3)8-4-6-9(7-5-8)13(11)12/h4-6H,7H2,1-3H3. The molecule has 0 spiro atoms. The van der Waals surface area contributed by atoms with Crippen molar-refractivity contribution in [2.75, 3.05) is 0 Å². The fourth-order valence-corrected chi connectivity index (χ4v) is 1.61. The number of hydrogen-bond donors (Lipinski definition) is 0. The highest BCUT2D eigenvalue weighted by Crippen LogP contribution is 2.28. The molecule has 0 aromatic heterocycles. The lowest BCUT2D eigenvalue weighted by molar-refractivity contribution is 0.515. The van der Waals surface area contributed by atoms with E-state index < -0.39 is 10.3 Å². The predicted molar refractivity (Wildman–Crippen MR) is 55.2 cm³/mol. The maximum atomic E-state index is 10.6. The highest BCUT2D eigenvalue weighted by molar-refractivity contribution is 7.73. The lowest BCUT2D eigenvalue weighted by Crippen LogP contribution is -2.11. The molecule has 0 saturated carbocycles. The van der Waals surface area contributed by atoms with Gasteiger partial charge in [-0.15, -0.1) is 0 Å². The average Bonchev–Trinajstić information content (AvgIpc) is 2.03. The van der Waals surface area contributed by atoms with Crippen molar-refractivity contribution < 1.29 is 8.42 Å². The van der Waals surface area contributed by atoms with Gasteiger partial charge in [-0.25, -0.2) is 0 Å². The molecule has 0 unspecified atom stereocenters. The summed E-state index contributed by atoms with van der Waals surface area (Å²) in [5.74, 6) is 0. The molecule has 0 aliphatic heterocycles. The van der Waals surface area contributed by atoms with Crippen LogP contribution in [0.25, 0.3) is 0 Å². The summed E-state index contributed by atoms with van der Waals surface area (Å²) in [7, 11) is -2.06. The van der Waals surface area contributed by atoms with Gasteiger partial charge in [-0.2, -0.15) is 8.42 Å². The summed E-state index contributed by atoms with van der Waals surface area (Å²) in [5, 5.41) is 0. The predicted octanol–water partition coefficient (Wildman–Crippen LogP) is 1.97. The lowest BCUT2D eigenvalue weighted by atomic mass is 9.84. The van der Waals surface area contributed by atoms with Gasteiger partial charge in [0.05, 0.1) is 4.86 Å². The van der Waals surface area contributed by atoms with E-state index in [1.165, 1.54) is 5.57 Å². The molecule has 1 rings (SSSR count). The molecule has 0 radical (unpaired) electrons. The van der Waals surface area contributed by atoms with E-state index in [9.17, 15) is 8.42 Å². The minimum absolute atomic E-state index is 0.104. The molecule has 0 aromatic carbocycles. The molecule has 0 saturated heterocycles. The Morgan fingerprint density at radius 1 is 1.23 bits per heavy atom. The molecular formula is C10H14O2S. The Kier molecular flexibility index (Phi) is 2.76. The van der Waals surface area contributed by atoms with E-state index in [-0.39, 0.29) is 5.41 Å². The second kappa shape index (κ2) is 3.50. The van der Waals surface area contributed by atoms with Gasteiger partial charge in [0.15, 0.2) is 0 Å². The average molecular weight is 198 g/mol. The van der Waals surface area contributed by atoms with Crippen molar-refractivity contribution in [1.82, 2.24) is 0 Å². The molecule has 0 bridgehead atoms. The van der Waals surface area contributed by atoms with Crippen LogP contribution in [0.15, 0.2) is 23.8 Å². The summed E-state index contributed by atoms with van der Waals surface area (Å²) >= 11 is 0. The molecule has 13 heavy (non-hydrogen) atoms. The second-order valence-corrected chi connectivity index (χ2v) is 5.14. The number of allylic oxidation sites excluding steroid dienone is 4. The van der Waals surface area contributed by atoms with E-state index >= 15 is 0 Å². The van der Waals surface area contributed by atoms with Gasteiger partial charge in [0, 0.05) is 6.42 Å². The molecule has 0 atom stereocenters. The van der Waals surface area contributed by atoms with Crippen molar-refractivity contribution in [2.45, 2.75) is 27.2 Å². The molecule has 0 heterocycles. The molecule has 2 nitrogen and oxygen atoms in total. The third kappa shape index (κ3) is 2.56. The minimum atomic E-state index is -2.06. The summed E-state index contributed by atoms with van der Waals surface area (Å²) in [4.78, 5) is 0.466. The summed E-state index contributed by atoms with van der Waals surface area (Å²) in [6.45, 7) is 6.34. The van der Waals surface area contributed by atoms with Crippen LogP contribution in [0.3, 0.4) is 0 Å². The second-order valence-electron chi connectivity index (χ2n) is 4.15. The van der Waals surface area contributed by atoms with Crippen molar-refractivity contribution >= 4 is 15.2 Å². The smallest absolute Gasteiger partial charge is 0.184 e. The summed E-state index contributed by atoms with van der Waals surface area (Å²) in [6.07, 6.45) is 6.07. The Balaban J connectivity index is 2.96. The van der Waals surface area contributed by atoms with E-state index in [1.54, 1.807) is 6.08 Å². The van der Waals surface area contributed by atoms with Crippen LogP contribution in [0.4, 0.5) is 0 Å². The molecule has 3 heteroatoms. The van der Waals surface area contributed by atoms with Gasteiger partial charge in [0.1, 0.15) is 0 Å². The first-order valence-electron chi connectivity index (χ1n) is 4.25. The topological polar surface area (TPSA) is 34.1 Å². The van der Waals surface area contributed by atoms with Crippen molar-refractivity contribution in [3.63, 3.8) is 0 Å². The Hall–Kier alpha value is -0.830. The van der Waals surface area contributed by atoms with E-state index in [4.69, 9.17) is 0 Å². The first-order chi connectivity index (χ1) is 5.91. The van der Waals surface area contributed by atoms with Crippen LogP contribution in [0, 0.1) is 5.41 Å². The first kappa shape index (κ1) is 10.3. The van der Waals surface area contributed by atoms with Gasteiger partial charge >= 0.3 is 0 Å². The van der Waals surface area contributed by atoms with Crippen molar-refractivity contribution in [3.05, 3.63) is 23.8 Å². The SMILES string of the molecule is CC(C)(C)C1=CCC(=S(=O)=O)C=C1. The van der Waals surface area contributed by atoms with Gasteiger partial charge in [-0.1, -0.05) is 32.9 Å².